The van der Waals surface area contributed by atoms with E-state index >= 15 is 0 Å². The van der Waals surface area contributed by atoms with Crippen LogP contribution in [0.3, 0.4) is 0 Å². The molecule has 1 aliphatic carbocycles. The van der Waals surface area contributed by atoms with Crippen molar-refractivity contribution in [1.82, 2.24) is 10.3 Å². The Hall–Kier alpha value is -1.09. The summed E-state index contributed by atoms with van der Waals surface area (Å²) in [5.41, 5.74) is 2.59. The maximum atomic E-state index is 4.21. The highest BCUT2D eigenvalue weighted by atomic mass is 15.1. The average Bonchev–Trinajstić information content (AvgIpc) is 3.03. The average molecular weight is 205 g/mol. The molecule has 1 aliphatic rings. The van der Waals surface area contributed by atoms with Crippen molar-refractivity contribution in [2.24, 2.45) is 5.92 Å². The van der Waals surface area contributed by atoms with Gasteiger partial charge in [0.1, 0.15) is 0 Å². The van der Waals surface area contributed by atoms with Gasteiger partial charge in [-0.3, -0.25) is 4.98 Å². The van der Waals surface area contributed by atoms with Gasteiger partial charge in [-0.1, -0.05) is 0 Å². The van der Waals surface area contributed by atoms with E-state index in [0.29, 0.717) is 0 Å². The summed E-state index contributed by atoms with van der Waals surface area (Å²) in [5.74, 6) is 0.914. The smallest absolute Gasteiger partial charge is 0.0595 e. The van der Waals surface area contributed by atoms with Crippen LogP contribution in [0.4, 0.5) is 5.69 Å². The normalized spacial score (nSPS) is 15.3. The van der Waals surface area contributed by atoms with E-state index in [-0.39, 0.29) is 0 Å². The third-order valence-electron chi connectivity index (χ3n) is 2.90. The van der Waals surface area contributed by atoms with Gasteiger partial charge in [-0.15, -0.1) is 0 Å². The maximum absolute atomic E-state index is 4.21. The van der Waals surface area contributed by atoms with Gasteiger partial charge in [0.15, 0.2) is 0 Å². The van der Waals surface area contributed by atoms with Crippen LogP contribution in [0.15, 0.2) is 18.5 Å². The van der Waals surface area contributed by atoms with Gasteiger partial charge in [-0.05, 0) is 37.4 Å². The molecule has 0 spiro atoms. The van der Waals surface area contributed by atoms with Crippen LogP contribution in [0.25, 0.3) is 0 Å². The lowest BCUT2D eigenvalue weighted by Crippen LogP contribution is -2.22. The van der Waals surface area contributed by atoms with Crippen LogP contribution >= 0.6 is 0 Å². The number of nitrogens with zero attached hydrogens (tertiary/aromatic N) is 2. The summed E-state index contributed by atoms with van der Waals surface area (Å²) in [4.78, 5) is 6.54. The van der Waals surface area contributed by atoms with Crippen LogP contribution in [0.1, 0.15) is 18.4 Å². The van der Waals surface area contributed by atoms with E-state index in [1.54, 1.807) is 0 Å². The van der Waals surface area contributed by atoms with E-state index < -0.39 is 0 Å². The van der Waals surface area contributed by atoms with Crippen LogP contribution in [0, 0.1) is 5.92 Å². The molecule has 0 bridgehead atoms. The van der Waals surface area contributed by atoms with Crippen LogP contribution < -0.4 is 10.2 Å². The van der Waals surface area contributed by atoms with Crippen LogP contribution in [-0.4, -0.2) is 25.6 Å². The zero-order valence-corrected chi connectivity index (χ0v) is 9.53. The Morgan fingerprint density at radius 2 is 2.33 bits per heavy atom. The zero-order chi connectivity index (χ0) is 10.7. The second kappa shape index (κ2) is 4.62. The van der Waals surface area contributed by atoms with Crippen molar-refractivity contribution in [2.75, 3.05) is 25.5 Å². The Morgan fingerprint density at radius 1 is 1.53 bits per heavy atom. The Labute approximate surface area is 91.5 Å². The van der Waals surface area contributed by atoms with E-state index in [0.717, 1.165) is 12.5 Å². The predicted octanol–water partition coefficient (Wildman–Crippen LogP) is 1.65. The fraction of sp³-hybridized carbons (Fsp3) is 0.583. The first-order valence-electron chi connectivity index (χ1n) is 5.60. The van der Waals surface area contributed by atoms with Gasteiger partial charge >= 0.3 is 0 Å². The lowest BCUT2D eigenvalue weighted by molar-refractivity contribution is 0.765. The first-order chi connectivity index (χ1) is 7.31. The molecule has 0 saturated heterocycles. The fourth-order valence-electron chi connectivity index (χ4n) is 1.88. The molecule has 3 nitrogen and oxygen atoms in total. The van der Waals surface area contributed by atoms with Crippen LogP contribution in [0.2, 0.25) is 0 Å². The van der Waals surface area contributed by atoms with Crippen molar-refractivity contribution >= 4 is 5.69 Å². The Kier molecular flexibility index (Phi) is 3.21. The minimum atomic E-state index is 0.910. The summed E-state index contributed by atoms with van der Waals surface area (Å²) in [7, 11) is 4.14. The SMILES string of the molecule is CNCc1ccncc1N(C)CC1CC1. The second-order valence-corrected chi connectivity index (χ2v) is 4.36. The number of rotatable bonds is 5. The number of nitrogens with one attached hydrogen (secondary N) is 1. The first-order valence-corrected chi connectivity index (χ1v) is 5.60. The molecule has 15 heavy (non-hydrogen) atoms. The summed E-state index contributed by atoms with van der Waals surface area (Å²) >= 11 is 0. The van der Waals surface area contributed by atoms with Crippen LogP contribution in [-0.2, 0) is 6.54 Å². The zero-order valence-electron chi connectivity index (χ0n) is 9.53. The summed E-state index contributed by atoms with van der Waals surface area (Å²) < 4.78 is 0. The van der Waals surface area contributed by atoms with E-state index in [4.69, 9.17) is 0 Å². The highest BCUT2D eigenvalue weighted by Gasteiger charge is 2.23. The van der Waals surface area contributed by atoms with E-state index in [1.807, 2.05) is 19.4 Å². The van der Waals surface area contributed by atoms with Crippen molar-refractivity contribution in [3.05, 3.63) is 24.0 Å². The van der Waals surface area contributed by atoms with E-state index in [9.17, 15) is 0 Å². The van der Waals surface area contributed by atoms with Crippen molar-refractivity contribution in [3.8, 4) is 0 Å². The third-order valence-corrected chi connectivity index (χ3v) is 2.90. The number of aromatic nitrogens is 1. The van der Waals surface area contributed by atoms with Crippen LogP contribution in [0.5, 0.6) is 0 Å². The number of pyridine rings is 1. The molecule has 0 atom stereocenters. The van der Waals surface area contributed by atoms with Gasteiger partial charge in [0.05, 0.1) is 11.9 Å². The number of anilines is 1. The van der Waals surface area contributed by atoms with Gasteiger partial charge in [0, 0.05) is 26.3 Å². The molecule has 1 N–H and O–H groups in total. The summed E-state index contributed by atoms with van der Waals surface area (Å²) in [6, 6.07) is 2.09. The van der Waals surface area contributed by atoms with Crippen molar-refractivity contribution in [3.63, 3.8) is 0 Å². The number of hydrogen-bond donors (Lipinski definition) is 1. The van der Waals surface area contributed by atoms with E-state index in [2.05, 4.69) is 28.3 Å². The molecule has 1 aromatic heterocycles. The standard InChI is InChI=1S/C12H19N3/c1-13-7-11-5-6-14-8-12(11)15(2)9-10-3-4-10/h5-6,8,10,13H,3-4,7,9H2,1-2H3. The molecule has 1 saturated carbocycles. The molecule has 0 radical (unpaired) electrons. The Morgan fingerprint density at radius 3 is 3.00 bits per heavy atom. The Bertz CT molecular complexity index is 320. The summed E-state index contributed by atoms with van der Waals surface area (Å²) in [5, 5.41) is 3.19. The summed E-state index contributed by atoms with van der Waals surface area (Å²) in [6.07, 6.45) is 6.62. The van der Waals surface area contributed by atoms with E-state index in [1.165, 1.54) is 30.6 Å². The molecule has 3 heteroatoms. The molecule has 1 aromatic rings. The fourth-order valence-corrected chi connectivity index (χ4v) is 1.88. The predicted molar refractivity (Wildman–Crippen MR) is 63.0 cm³/mol. The molecule has 0 unspecified atom stereocenters. The van der Waals surface area contributed by atoms with Gasteiger partial charge < -0.3 is 10.2 Å². The monoisotopic (exact) mass is 205 g/mol. The third kappa shape index (κ3) is 2.69. The number of hydrogen-bond acceptors (Lipinski definition) is 3. The molecule has 0 aromatic carbocycles. The minimum Gasteiger partial charge on any atom is -0.373 e. The lowest BCUT2D eigenvalue weighted by Gasteiger charge is -2.21. The quantitative estimate of drug-likeness (QED) is 0.792. The lowest BCUT2D eigenvalue weighted by atomic mass is 10.2. The molecule has 82 valence electrons. The van der Waals surface area contributed by atoms with Gasteiger partial charge in [-0.2, -0.15) is 0 Å². The molecular formula is C12H19N3. The second-order valence-electron chi connectivity index (χ2n) is 4.36. The first kappa shape index (κ1) is 10.4. The molecular weight excluding hydrogens is 186 g/mol. The molecule has 0 amide bonds. The molecule has 1 heterocycles. The molecule has 1 fully saturated rings. The van der Waals surface area contributed by atoms with Crippen molar-refractivity contribution in [1.29, 1.82) is 0 Å². The maximum Gasteiger partial charge on any atom is 0.0595 e. The topological polar surface area (TPSA) is 28.2 Å². The summed E-state index contributed by atoms with van der Waals surface area (Å²) in [6.45, 7) is 2.08. The molecule has 0 aliphatic heterocycles. The van der Waals surface area contributed by atoms with Crippen molar-refractivity contribution < 1.29 is 0 Å². The highest BCUT2D eigenvalue weighted by Crippen LogP contribution is 2.31. The minimum absolute atomic E-state index is 0.910. The Balaban J connectivity index is 2.09. The van der Waals surface area contributed by atoms with Gasteiger partial charge in [-0.25, -0.2) is 0 Å². The van der Waals surface area contributed by atoms with Gasteiger partial charge in [0.25, 0.3) is 0 Å². The highest BCUT2D eigenvalue weighted by molar-refractivity contribution is 5.51. The largest absolute Gasteiger partial charge is 0.373 e. The van der Waals surface area contributed by atoms with Gasteiger partial charge in [0.2, 0.25) is 0 Å². The van der Waals surface area contributed by atoms with Crippen molar-refractivity contribution in [2.45, 2.75) is 19.4 Å². The molecule has 2 rings (SSSR count).